The molecule has 7 heteroatoms. The molecule has 0 radical (unpaired) electrons. The van der Waals surface area contributed by atoms with E-state index in [1.807, 2.05) is 12.1 Å². The summed E-state index contributed by atoms with van der Waals surface area (Å²) in [6.45, 7) is 11.3. The Hall–Kier alpha value is -2.54. The Morgan fingerprint density at radius 2 is 1.97 bits per heavy atom. The number of aromatic nitrogens is 1. The number of anilines is 1. The summed E-state index contributed by atoms with van der Waals surface area (Å²) >= 11 is 0. The van der Waals surface area contributed by atoms with Crippen molar-refractivity contribution in [3.63, 3.8) is 0 Å². The molecule has 0 aliphatic heterocycles. The molecule has 166 valence electrons. The largest absolute Gasteiger partial charge is 0.494 e. The minimum Gasteiger partial charge on any atom is -0.494 e. The van der Waals surface area contributed by atoms with Crippen LogP contribution >= 0.6 is 0 Å². The van der Waals surface area contributed by atoms with Crippen LogP contribution in [0.4, 0.5) is 5.69 Å². The van der Waals surface area contributed by atoms with Gasteiger partial charge in [-0.1, -0.05) is 13.8 Å². The van der Waals surface area contributed by atoms with Crippen molar-refractivity contribution >= 4 is 22.6 Å². The van der Waals surface area contributed by atoms with Gasteiger partial charge in [0.05, 0.1) is 25.3 Å². The zero-order valence-electron chi connectivity index (χ0n) is 19.1. The fourth-order valence-electron chi connectivity index (χ4n) is 3.61. The van der Waals surface area contributed by atoms with Gasteiger partial charge in [0.2, 0.25) is 0 Å². The van der Waals surface area contributed by atoms with Crippen LogP contribution in [0, 0.1) is 0 Å². The molecule has 0 saturated heterocycles. The van der Waals surface area contributed by atoms with Crippen LogP contribution in [0.15, 0.2) is 18.3 Å². The van der Waals surface area contributed by atoms with Crippen LogP contribution in [0.3, 0.4) is 0 Å². The van der Waals surface area contributed by atoms with Gasteiger partial charge in [-0.2, -0.15) is 0 Å². The molecule has 30 heavy (non-hydrogen) atoms. The maximum absolute atomic E-state index is 11.3. The number of hydrogen-bond donors (Lipinski definition) is 1. The zero-order chi connectivity index (χ0) is 22.1. The lowest BCUT2D eigenvalue weighted by Crippen LogP contribution is -2.25. The summed E-state index contributed by atoms with van der Waals surface area (Å²) < 4.78 is 16.6. The molecule has 0 amide bonds. The first-order valence-electron chi connectivity index (χ1n) is 10.6. The van der Waals surface area contributed by atoms with Gasteiger partial charge in [0.1, 0.15) is 17.9 Å². The van der Waals surface area contributed by atoms with Crippen molar-refractivity contribution in [1.82, 2.24) is 9.88 Å². The van der Waals surface area contributed by atoms with E-state index in [4.69, 9.17) is 14.2 Å². The van der Waals surface area contributed by atoms with E-state index < -0.39 is 0 Å². The Bertz CT molecular complexity index is 837. The highest BCUT2D eigenvalue weighted by Gasteiger charge is 2.19. The summed E-state index contributed by atoms with van der Waals surface area (Å²) in [5.41, 5.74) is 2.34. The van der Waals surface area contributed by atoms with Gasteiger partial charge in [-0.25, -0.2) is 0 Å². The quantitative estimate of drug-likeness (QED) is 0.518. The summed E-state index contributed by atoms with van der Waals surface area (Å²) in [7, 11) is 3.26. The zero-order valence-corrected chi connectivity index (χ0v) is 19.1. The molecule has 0 bridgehead atoms. The molecule has 1 atom stereocenters. The molecule has 0 aliphatic carbocycles. The summed E-state index contributed by atoms with van der Waals surface area (Å²) in [5.74, 6) is 0.993. The number of fused-ring (bicyclic) bond motifs is 1. The molecular formula is C23H35N3O4. The number of nitrogens with zero attached hydrogens (tertiary/aromatic N) is 2. The maximum atomic E-state index is 11.3. The van der Waals surface area contributed by atoms with Gasteiger partial charge in [0, 0.05) is 30.8 Å². The second kappa shape index (κ2) is 11.6. The van der Waals surface area contributed by atoms with E-state index in [9.17, 15) is 4.79 Å². The van der Waals surface area contributed by atoms with E-state index in [1.165, 1.54) is 6.92 Å². The minimum absolute atomic E-state index is 0.150. The van der Waals surface area contributed by atoms with Crippen LogP contribution in [-0.4, -0.2) is 55.7 Å². The first-order chi connectivity index (χ1) is 14.4. The number of pyridine rings is 1. The fourth-order valence-corrected chi connectivity index (χ4v) is 3.61. The van der Waals surface area contributed by atoms with Crippen molar-refractivity contribution in [1.29, 1.82) is 0 Å². The lowest BCUT2D eigenvalue weighted by Gasteiger charge is -2.22. The number of rotatable bonds is 12. The molecule has 1 N–H and O–H groups in total. The molecule has 2 aromatic rings. The standard InChI is InChI=1S/C23H35N3O4/c1-7-26(8-2)13-9-10-16(3)25-19-14-20(28-5)22-21(23(19)29-6)18(11-12-24-22)15-30-17(4)27/h11-12,14,16,25H,7-10,13,15H2,1-6H3. The fraction of sp³-hybridized carbons (Fsp3) is 0.565. The molecule has 1 aromatic heterocycles. The molecule has 1 heterocycles. The van der Waals surface area contributed by atoms with Crippen LogP contribution in [0.5, 0.6) is 11.5 Å². The third-order valence-electron chi connectivity index (χ3n) is 5.28. The Balaban J connectivity index is 2.32. The summed E-state index contributed by atoms with van der Waals surface area (Å²) in [4.78, 5) is 18.2. The molecule has 2 rings (SSSR count). The average molecular weight is 418 g/mol. The summed E-state index contributed by atoms with van der Waals surface area (Å²) in [5, 5.41) is 4.36. The topological polar surface area (TPSA) is 72.9 Å². The smallest absolute Gasteiger partial charge is 0.302 e. The highest BCUT2D eigenvalue weighted by molar-refractivity contribution is 5.97. The number of carbonyl (C=O) groups is 1. The van der Waals surface area contributed by atoms with E-state index in [0.29, 0.717) is 17.0 Å². The Morgan fingerprint density at radius 3 is 2.57 bits per heavy atom. The molecule has 0 fully saturated rings. The van der Waals surface area contributed by atoms with Crippen molar-refractivity contribution in [2.24, 2.45) is 0 Å². The Morgan fingerprint density at radius 1 is 1.23 bits per heavy atom. The highest BCUT2D eigenvalue weighted by atomic mass is 16.5. The predicted octanol–water partition coefficient (Wildman–Crippen LogP) is 4.24. The number of hydrogen-bond acceptors (Lipinski definition) is 7. The molecule has 1 unspecified atom stereocenters. The van der Waals surface area contributed by atoms with Crippen molar-refractivity contribution in [2.75, 3.05) is 39.2 Å². The minimum atomic E-state index is -0.331. The maximum Gasteiger partial charge on any atom is 0.302 e. The third kappa shape index (κ3) is 5.98. The monoisotopic (exact) mass is 417 g/mol. The molecule has 1 aromatic carbocycles. The van der Waals surface area contributed by atoms with Crippen LogP contribution in [0.1, 0.15) is 46.1 Å². The molecule has 0 spiro atoms. The lowest BCUT2D eigenvalue weighted by molar-refractivity contribution is -0.142. The first kappa shape index (κ1) is 23.7. The van der Waals surface area contributed by atoms with E-state index in [-0.39, 0.29) is 18.6 Å². The number of esters is 1. The Labute approximate surface area is 179 Å². The number of benzene rings is 1. The second-order valence-corrected chi connectivity index (χ2v) is 7.35. The van der Waals surface area contributed by atoms with Gasteiger partial charge in [-0.15, -0.1) is 0 Å². The van der Waals surface area contributed by atoms with E-state index in [0.717, 1.165) is 49.1 Å². The van der Waals surface area contributed by atoms with Crippen LogP contribution in [0.25, 0.3) is 10.9 Å². The number of carbonyl (C=O) groups excluding carboxylic acids is 1. The normalized spacial score (nSPS) is 12.1. The van der Waals surface area contributed by atoms with Crippen LogP contribution in [0.2, 0.25) is 0 Å². The van der Waals surface area contributed by atoms with Gasteiger partial charge in [0.15, 0.2) is 5.75 Å². The lowest BCUT2D eigenvalue weighted by atomic mass is 10.1. The van der Waals surface area contributed by atoms with E-state index in [1.54, 1.807) is 20.4 Å². The van der Waals surface area contributed by atoms with Gasteiger partial charge in [-0.05, 0) is 45.5 Å². The van der Waals surface area contributed by atoms with Gasteiger partial charge in [-0.3, -0.25) is 9.78 Å². The average Bonchev–Trinajstić information content (AvgIpc) is 2.74. The molecule has 0 saturated carbocycles. The number of nitrogens with one attached hydrogen (secondary N) is 1. The van der Waals surface area contributed by atoms with Crippen molar-refractivity contribution in [2.45, 2.75) is 53.2 Å². The number of ether oxygens (including phenoxy) is 3. The molecule has 0 aliphatic rings. The Kier molecular flexibility index (Phi) is 9.17. The predicted molar refractivity (Wildman–Crippen MR) is 120 cm³/mol. The van der Waals surface area contributed by atoms with E-state index in [2.05, 4.69) is 36.0 Å². The van der Waals surface area contributed by atoms with Crippen LogP contribution in [-0.2, 0) is 16.1 Å². The second-order valence-electron chi connectivity index (χ2n) is 7.35. The van der Waals surface area contributed by atoms with Gasteiger partial charge < -0.3 is 24.4 Å². The molecule has 7 nitrogen and oxygen atoms in total. The first-order valence-corrected chi connectivity index (χ1v) is 10.6. The van der Waals surface area contributed by atoms with Gasteiger partial charge >= 0.3 is 5.97 Å². The van der Waals surface area contributed by atoms with Gasteiger partial charge in [0.25, 0.3) is 0 Å². The SMILES string of the molecule is CCN(CC)CCCC(C)Nc1cc(OC)c2nccc(COC(C)=O)c2c1OC. The van der Waals surface area contributed by atoms with Crippen molar-refractivity contribution < 1.29 is 19.0 Å². The van der Waals surface area contributed by atoms with Crippen molar-refractivity contribution in [3.8, 4) is 11.5 Å². The molecular weight excluding hydrogens is 382 g/mol. The van der Waals surface area contributed by atoms with Crippen molar-refractivity contribution in [3.05, 3.63) is 23.9 Å². The summed E-state index contributed by atoms with van der Waals surface area (Å²) in [6.07, 6.45) is 3.83. The number of methoxy groups -OCH3 is 2. The van der Waals surface area contributed by atoms with E-state index >= 15 is 0 Å². The third-order valence-corrected chi connectivity index (χ3v) is 5.28. The van der Waals surface area contributed by atoms with Crippen LogP contribution < -0.4 is 14.8 Å². The highest BCUT2D eigenvalue weighted by Crippen LogP contribution is 2.41. The summed E-state index contributed by atoms with van der Waals surface area (Å²) in [6, 6.07) is 4.01.